The second-order valence-corrected chi connectivity index (χ2v) is 6.23. The zero-order chi connectivity index (χ0) is 12.5. The van der Waals surface area contributed by atoms with Gasteiger partial charge in [0.05, 0.1) is 6.20 Å². The zero-order valence-corrected chi connectivity index (χ0v) is 10.9. The highest BCUT2D eigenvalue weighted by molar-refractivity contribution is 7.89. The lowest BCUT2D eigenvalue weighted by Crippen LogP contribution is -2.52. The van der Waals surface area contributed by atoms with Crippen LogP contribution in [0.25, 0.3) is 0 Å². The second-order valence-electron chi connectivity index (χ2n) is 4.33. The zero-order valence-electron chi connectivity index (χ0n) is 10.1. The number of hydrogen-bond donors (Lipinski definition) is 1. The van der Waals surface area contributed by atoms with Crippen LogP contribution in [0.5, 0.6) is 0 Å². The Balaban J connectivity index is 2.19. The van der Waals surface area contributed by atoms with Crippen molar-refractivity contribution in [2.75, 3.05) is 26.7 Å². The molecule has 0 aliphatic carbocycles. The number of nitrogens with one attached hydrogen (secondary N) is 1. The van der Waals surface area contributed by atoms with Crippen molar-refractivity contribution in [3.63, 3.8) is 0 Å². The largest absolute Gasteiger partial charge is 0.301 e. The predicted molar refractivity (Wildman–Crippen MR) is 64.1 cm³/mol. The minimum absolute atomic E-state index is 0.178. The normalized spacial score (nSPS) is 24.0. The molecule has 0 radical (unpaired) electrons. The van der Waals surface area contributed by atoms with E-state index >= 15 is 0 Å². The molecule has 1 fully saturated rings. The minimum Gasteiger partial charge on any atom is -0.301 e. The number of nitrogens with zero attached hydrogens (tertiary/aromatic N) is 3. The number of piperazine rings is 1. The minimum atomic E-state index is -3.40. The van der Waals surface area contributed by atoms with Crippen LogP contribution in [0.2, 0.25) is 0 Å². The van der Waals surface area contributed by atoms with Crippen LogP contribution in [0.3, 0.4) is 0 Å². The van der Waals surface area contributed by atoms with E-state index in [4.69, 9.17) is 0 Å². The number of sulfonamides is 1. The summed E-state index contributed by atoms with van der Waals surface area (Å²) in [5.74, 6) is 0. The van der Waals surface area contributed by atoms with Crippen molar-refractivity contribution in [1.29, 1.82) is 0 Å². The van der Waals surface area contributed by atoms with E-state index < -0.39 is 10.0 Å². The number of rotatable bonds is 3. The molecule has 6 nitrogen and oxygen atoms in total. The molecule has 1 aliphatic rings. The van der Waals surface area contributed by atoms with Gasteiger partial charge in [-0.05, 0) is 19.5 Å². The molecule has 2 rings (SSSR count). The topological polar surface area (TPSA) is 69.3 Å². The Hall–Kier alpha value is -0.920. The third-order valence-electron chi connectivity index (χ3n) is 3.30. The summed E-state index contributed by atoms with van der Waals surface area (Å²) in [5.41, 5.74) is 0. The maximum Gasteiger partial charge on any atom is 0.260 e. The lowest BCUT2D eigenvalue weighted by Gasteiger charge is -2.37. The van der Waals surface area contributed by atoms with Gasteiger partial charge in [-0.2, -0.15) is 9.40 Å². The molecular weight excluding hydrogens is 240 g/mol. The average molecular weight is 258 g/mol. The molecule has 1 aromatic heterocycles. The Morgan fingerprint density at radius 3 is 2.88 bits per heavy atom. The molecular formula is C10H18N4O2S. The number of aromatic amines is 1. The number of aromatic nitrogens is 2. The molecule has 1 unspecified atom stereocenters. The number of likely N-dealkylation sites (N-methyl/N-ethyl adjacent to an activating group) is 1. The summed E-state index contributed by atoms with van der Waals surface area (Å²) >= 11 is 0. The van der Waals surface area contributed by atoms with E-state index in [0.29, 0.717) is 19.1 Å². The highest BCUT2D eigenvalue weighted by Gasteiger charge is 2.32. The first-order valence-corrected chi connectivity index (χ1v) is 7.19. The lowest BCUT2D eigenvalue weighted by atomic mass is 10.1. The Morgan fingerprint density at radius 2 is 2.29 bits per heavy atom. The van der Waals surface area contributed by atoms with E-state index in [1.54, 1.807) is 0 Å². The number of H-pyrrole nitrogens is 1. The van der Waals surface area contributed by atoms with Gasteiger partial charge >= 0.3 is 0 Å². The smallest absolute Gasteiger partial charge is 0.260 e. The van der Waals surface area contributed by atoms with Crippen molar-refractivity contribution in [1.82, 2.24) is 19.4 Å². The quantitative estimate of drug-likeness (QED) is 0.836. The van der Waals surface area contributed by atoms with Gasteiger partial charge in [0, 0.05) is 25.7 Å². The molecule has 1 N–H and O–H groups in total. The summed E-state index contributed by atoms with van der Waals surface area (Å²) in [5, 5.41) is 6.40. The predicted octanol–water partition coefficient (Wildman–Crippen LogP) is 0.124. The van der Waals surface area contributed by atoms with Gasteiger partial charge in [0.25, 0.3) is 10.0 Å². The number of hydrogen-bond acceptors (Lipinski definition) is 4. The Bertz CT molecular complexity index is 457. The highest BCUT2D eigenvalue weighted by atomic mass is 32.2. The van der Waals surface area contributed by atoms with Crippen LogP contribution in [-0.4, -0.2) is 60.5 Å². The van der Waals surface area contributed by atoms with Gasteiger partial charge in [0.1, 0.15) is 0 Å². The lowest BCUT2D eigenvalue weighted by molar-refractivity contribution is 0.144. The molecule has 1 atom stereocenters. The summed E-state index contributed by atoms with van der Waals surface area (Å²) in [6.07, 6.45) is 2.41. The summed E-state index contributed by atoms with van der Waals surface area (Å²) in [6.45, 7) is 3.93. The third kappa shape index (κ3) is 2.36. The van der Waals surface area contributed by atoms with Crippen molar-refractivity contribution in [3.8, 4) is 0 Å². The first-order valence-electron chi connectivity index (χ1n) is 5.75. The first kappa shape index (κ1) is 12.5. The summed E-state index contributed by atoms with van der Waals surface area (Å²) in [7, 11) is -1.36. The van der Waals surface area contributed by atoms with Gasteiger partial charge in [-0.3, -0.25) is 5.10 Å². The van der Waals surface area contributed by atoms with Crippen LogP contribution in [0.1, 0.15) is 13.3 Å². The molecule has 1 aromatic rings. The van der Waals surface area contributed by atoms with Gasteiger partial charge in [-0.15, -0.1) is 0 Å². The molecule has 0 bridgehead atoms. The van der Waals surface area contributed by atoms with Crippen LogP contribution >= 0.6 is 0 Å². The fourth-order valence-electron chi connectivity index (χ4n) is 2.10. The molecule has 0 saturated carbocycles. The van der Waals surface area contributed by atoms with E-state index in [1.807, 2.05) is 7.05 Å². The molecule has 1 aliphatic heterocycles. The standard InChI is InChI=1S/C10H18N4O2S/c1-3-9-8-14(7-6-13(9)2)17(15,16)10-4-5-11-12-10/h4-5,9H,3,6-8H2,1-2H3,(H,11,12). The summed E-state index contributed by atoms with van der Waals surface area (Å²) < 4.78 is 26.0. The molecule has 2 heterocycles. The Kier molecular flexibility index (Phi) is 3.50. The second kappa shape index (κ2) is 4.75. The van der Waals surface area contributed by atoms with Crippen molar-refractivity contribution in [2.24, 2.45) is 0 Å². The van der Waals surface area contributed by atoms with Gasteiger partial charge < -0.3 is 4.90 Å². The van der Waals surface area contributed by atoms with Crippen LogP contribution in [-0.2, 0) is 10.0 Å². The van der Waals surface area contributed by atoms with Crippen LogP contribution in [0.4, 0.5) is 0 Å². The summed E-state index contributed by atoms with van der Waals surface area (Å²) in [4.78, 5) is 2.21. The van der Waals surface area contributed by atoms with Crippen molar-refractivity contribution in [2.45, 2.75) is 24.4 Å². The maximum atomic E-state index is 12.3. The van der Waals surface area contributed by atoms with Crippen LogP contribution < -0.4 is 0 Å². The van der Waals surface area contributed by atoms with E-state index in [9.17, 15) is 8.42 Å². The SMILES string of the molecule is CCC1CN(S(=O)(=O)c2ccn[nH]2)CCN1C. The Labute approximate surface area is 102 Å². The fraction of sp³-hybridized carbons (Fsp3) is 0.700. The molecule has 0 aromatic carbocycles. The van der Waals surface area contributed by atoms with Gasteiger partial charge in [-0.25, -0.2) is 8.42 Å². The van der Waals surface area contributed by atoms with E-state index in [-0.39, 0.29) is 5.03 Å². The molecule has 1 saturated heterocycles. The van der Waals surface area contributed by atoms with E-state index in [2.05, 4.69) is 22.0 Å². The van der Waals surface area contributed by atoms with Crippen molar-refractivity contribution in [3.05, 3.63) is 12.3 Å². The van der Waals surface area contributed by atoms with E-state index in [0.717, 1.165) is 13.0 Å². The van der Waals surface area contributed by atoms with Gasteiger partial charge in [-0.1, -0.05) is 6.92 Å². The Morgan fingerprint density at radius 1 is 1.53 bits per heavy atom. The molecule has 7 heteroatoms. The van der Waals surface area contributed by atoms with Crippen molar-refractivity contribution >= 4 is 10.0 Å². The van der Waals surface area contributed by atoms with Gasteiger partial charge in [0.2, 0.25) is 0 Å². The van der Waals surface area contributed by atoms with Gasteiger partial charge in [0.15, 0.2) is 5.03 Å². The average Bonchev–Trinajstić information content (AvgIpc) is 2.83. The summed E-state index contributed by atoms with van der Waals surface area (Å²) in [6, 6.07) is 1.79. The first-order chi connectivity index (χ1) is 8.05. The van der Waals surface area contributed by atoms with Crippen LogP contribution in [0.15, 0.2) is 17.3 Å². The maximum absolute atomic E-state index is 12.3. The van der Waals surface area contributed by atoms with Crippen LogP contribution in [0, 0.1) is 0 Å². The van der Waals surface area contributed by atoms with Crippen molar-refractivity contribution < 1.29 is 8.42 Å². The molecule has 0 spiro atoms. The van der Waals surface area contributed by atoms with E-state index in [1.165, 1.54) is 16.6 Å². The molecule has 17 heavy (non-hydrogen) atoms. The fourth-order valence-corrected chi connectivity index (χ4v) is 3.47. The third-order valence-corrected chi connectivity index (χ3v) is 5.10. The molecule has 0 amide bonds. The molecule has 96 valence electrons. The monoisotopic (exact) mass is 258 g/mol. The highest BCUT2D eigenvalue weighted by Crippen LogP contribution is 2.18.